The highest BCUT2D eigenvalue weighted by Gasteiger charge is 2.18. The van der Waals surface area contributed by atoms with E-state index in [0.717, 1.165) is 11.3 Å². The molecular formula is C22H20N6O3. The van der Waals surface area contributed by atoms with E-state index >= 15 is 0 Å². The average Bonchev–Trinajstić information content (AvgIpc) is 3.14. The number of fused-ring (bicyclic) bond motifs is 1. The molecule has 31 heavy (non-hydrogen) atoms. The number of imidazole rings is 1. The van der Waals surface area contributed by atoms with Crippen LogP contribution in [-0.4, -0.2) is 61.6 Å². The number of morpholine rings is 1. The van der Waals surface area contributed by atoms with Crippen molar-refractivity contribution in [1.82, 2.24) is 29.4 Å². The second kappa shape index (κ2) is 8.11. The molecule has 1 amide bonds. The molecule has 156 valence electrons. The van der Waals surface area contributed by atoms with Crippen LogP contribution in [0.3, 0.4) is 0 Å². The summed E-state index contributed by atoms with van der Waals surface area (Å²) in [5, 5.41) is 0. The number of pyridine rings is 1. The minimum Gasteiger partial charge on any atom is -0.378 e. The molecule has 0 radical (unpaired) electrons. The lowest BCUT2D eigenvalue weighted by atomic mass is 10.1. The predicted molar refractivity (Wildman–Crippen MR) is 114 cm³/mol. The van der Waals surface area contributed by atoms with Crippen molar-refractivity contribution in [1.29, 1.82) is 0 Å². The Labute approximate surface area is 177 Å². The number of benzene rings is 1. The van der Waals surface area contributed by atoms with Gasteiger partial charge < -0.3 is 9.64 Å². The van der Waals surface area contributed by atoms with Crippen molar-refractivity contribution >= 4 is 17.2 Å². The van der Waals surface area contributed by atoms with E-state index in [1.165, 1.54) is 4.57 Å². The maximum atomic E-state index is 12.6. The van der Waals surface area contributed by atoms with Crippen LogP contribution in [-0.2, 0) is 11.3 Å². The summed E-state index contributed by atoms with van der Waals surface area (Å²) >= 11 is 0. The summed E-state index contributed by atoms with van der Waals surface area (Å²) in [4.78, 5) is 42.9. The van der Waals surface area contributed by atoms with Gasteiger partial charge in [0.2, 0.25) is 0 Å². The van der Waals surface area contributed by atoms with Crippen molar-refractivity contribution in [2.24, 2.45) is 0 Å². The van der Waals surface area contributed by atoms with Gasteiger partial charge in [-0.3, -0.25) is 19.3 Å². The number of H-pyrrole nitrogens is 1. The standard InChI is InChI=1S/C22H20N6O3/c29-21(27-9-11-31-12-10-27)16-6-4-15(5-7-16)18-13-24-19-20(25-18)28(22(30)26-19)14-17-3-1-2-8-23-17/h1-8,13H,9-12,14H2,(H,24,26,30). The molecule has 0 saturated carbocycles. The van der Waals surface area contributed by atoms with E-state index in [4.69, 9.17) is 4.74 Å². The molecular weight excluding hydrogens is 396 g/mol. The van der Waals surface area contributed by atoms with Crippen LogP contribution in [0.2, 0.25) is 0 Å². The first-order valence-corrected chi connectivity index (χ1v) is 10.0. The summed E-state index contributed by atoms with van der Waals surface area (Å²) in [6.07, 6.45) is 3.30. The Hall–Kier alpha value is -3.85. The van der Waals surface area contributed by atoms with E-state index in [9.17, 15) is 9.59 Å². The minimum atomic E-state index is -0.288. The maximum absolute atomic E-state index is 12.6. The smallest absolute Gasteiger partial charge is 0.329 e. The van der Waals surface area contributed by atoms with Gasteiger partial charge in [-0.05, 0) is 24.3 Å². The van der Waals surface area contributed by atoms with Crippen molar-refractivity contribution in [2.45, 2.75) is 6.54 Å². The first-order valence-electron chi connectivity index (χ1n) is 10.0. The first kappa shape index (κ1) is 19.1. The van der Waals surface area contributed by atoms with Gasteiger partial charge in [0.25, 0.3) is 5.91 Å². The molecule has 1 aromatic carbocycles. The fraction of sp³-hybridized carbons (Fsp3) is 0.227. The van der Waals surface area contributed by atoms with Crippen LogP contribution in [0.4, 0.5) is 0 Å². The number of hydrogen-bond acceptors (Lipinski definition) is 6. The quantitative estimate of drug-likeness (QED) is 0.543. The lowest BCUT2D eigenvalue weighted by Gasteiger charge is -2.26. The second-order valence-corrected chi connectivity index (χ2v) is 7.25. The molecule has 0 spiro atoms. The third kappa shape index (κ3) is 3.82. The highest BCUT2D eigenvalue weighted by molar-refractivity contribution is 5.94. The van der Waals surface area contributed by atoms with Crippen molar-refractivity contribution in [3.8, 4) is 11.3 Å². The first-order chi connectivity index (χ1) is 15.2. The van der Waals surface area contributed by atoms with Crippen LogP contribution in [0.15, 0.2) is 59.7 Å². The van der Waals surface area contributed by atoms with Gasteiger partial charge in [-0.15, -0.1) is 0 Å². The number of carbonyl (C=O) groups excluding carboxylic acids is 1. The number of aromatic nitrogens is 5. The molecule has 4 heterocycles. The Balaban J connectivity index is 1.44. The van der Waals surface area contributed by atoms with Crippen LogP contribution in [0, 0.1) is 0 Å². The molecule has 5 rings (SSSR count). The average molecular weight is 416 g/mol. The third-order valence-corrected chi connectivity index (χ3v) is 5.25. The van der Waals surface area contributed by atoms with E-state index in [1.807, 2.05) is 30.3 Å². The summed E-state index contributed by atoms with van der Waals surface area (Å²) in [6.45, 7) is 2.63. The Morgan fingerprint density at radius 1 is 1.06 bits per heavy atom. The number of nitrogens with zero attached hydrogens (tertiary/aromatic N) is 5. The van der Waals surface area contributed by atoms with Gasteiger partial charge in [-0.25, -0.2) is 14.8 Å². The Bertz CT molecular complexity index is 1270. The van der Waals surface area contributed by atoms with Crippen molar-refractivity contribution in [3.63, 3.8) is 0 Å². The second-order valence-electron chi connectivity index (χ2n) is 7.25. The Morgan fingerprint density at radius 3 is 2.61 bits per heavy atom. The highest BCUT2D eigenvalue weighted by Crippen LogP contribution is 2.20. The summed E-state index contributed by atoms with van der Waals surface area (Å²) in [5.41, 5.74) is 3.39. The third-order valence-electron chi connectivity index (χ3n) is 5.25. The number of hydrogen-bond donors (Lipinski definition) is 1. The van der Waals surface area contributed by atoms with E-state index in [2.05, 4.69) is 19.9 Å². The number of nitrogens with one attached hydrogen (secondary N) is 1. The molecule has 3 aromatic heterocycles. The number of carbonyl (C=O) groups is 1. The fourth-order valence-electron chi connectivity index (χ4n) is 3.59. The van der Waals surface area contributed by atoms with Gasteiger partial charge in [0.15, 0.2) is 11.3 Å². The zero-order valence-electron chi connectivity index (χ0n) is 16.7. The van der Waals surface area contributed by atoms with Gasteiger partial charge in [0.05, 0.1) is 37.3 Å². The van der Waals surface area contributed by atoms with Crippen LogP contribution < -0.4 is 5.69 Å². The molecule has 9 nitrogen and oxygen atoms in total. The number of ether oxygens (including phenoxy) is 1. The van der Waals surface area contributed by atoms with Gasteiger partial charge in [-0.2, -0.15) is 0 Å². The maximum Gasteiger partial charge on any atom is 0.329 e. The lowest BCUT2D eigenvalue weighted by molar-refractivity contribution is 0.0303. The SMILES string of the molecule is O=C(c1ccc(-c2cnc3[nH]c(=O)n(Cc4ccccn4)c3n2)cc1)N1CCOCC1. The summed E-state index contributed by atoms with van der Waals surface area (Å²) in [7, 11) is 0. The van der Waals surface area contributed by atoms with Gasteiger partial charge in [0, 0.05) is 30.4 Å². The normalized spacial score (nSPS) is 14.1. The molecule has 9 heteroatoms. The van der Waals surface area contributed by atoms with Crippen molar-refractivity contribution in [2.75, 3.05) is 26.3 Å². The molecule has 0 bridgehead atoms. The molecule has 1 N–H and O–H groups in total. The van der Waals surface area contributed by atoms with E-state index in [1.54, 1.807) is 29.4 Å². The molecule has 1 aliphatic heterocycles. The van der Waals surface area contributed by atoms with Crippen LogP contribution in [0.5, 0.6) is 0 Å². The number of aromatic amines is 1. The zero-order chi connectivity index (χ0) is 21.2. The van der Waals surface area contributed by atoms with Gasteiger partial charge in [-0.1, -0.05) is 18.2 Å². The van der Waals surface area contributed by atoms with Gasteiger partial charge >= 0.3 is 5.69 Å². The minimum absolute atomic E-state index is 0.00813. The zero-order valence-corrected chi connectivity index (χ0v) is 16.7. The van der Waals surface area contributed by atoms with Crippen LogP contribution in [0.1, 0.15) is 16.1 Å². The Kier molecular flexibility index (Phi) is 5.01. The molecule has 1 saturated heterocycles. The highest BCUT2D eigenvalue weighted by atomic mass is 16.5. The molecule has 1 fully saturated rings. The largest absolute Gasteiger partial charge is 0.378 e. The van der Waals surface area contributed by atoms with E-state index in [-0.39, 0.29) is 11.6 Å². The lowest BCUT2D eigenvalue weighted by Crippen LogP contribution is -2.40. The number of rotatable bonds is 4. The predicted octanol–water partition coefficient (Wildman–Crippen LogP) is 1.70. The molecule has 0 aliphatic carbocycles. The molecule has 1 aliphatic rings. The Morgan fingerprint density at radius 2 is 1.87 bits per heavy atom. The molecule has 0 atom stereocenters. The summed E-state index contributed by atoms with van der Waals surface area (Å²) in [5.74, 6) is -0.00813. The van der Waals surface area contributed by atoms with Gasteiger partial charge in [0.1, 0.15) is 0 Å². The van der Waals surface area contributed by atoms with Crippen molar-refractivity contribution < 1.29 is 9.53 Å². The monoisotopic (exact) mass is 416 g/mol. The van der Waals surface area contributed by atoms with Crippen molar-refractivity contribution in [3.05, 3.63) is 76.6 Å². The van der Waals surface area contributed by atoms with E-state index < -0.39 is 0 Å². The molecule has 0 unspecified atom stereocenters. The topological polar surface area (TPSA) is 106 Å². The fourth-order valence-corrected chi connectivity index (χ4v) is 3.59. The summed E-state index contributed by atoms with van der Waals surface area (Å²) < 4.78 is 6.83. The van der Waals surface area contributed by atoms with Crippen LogP contribution in [0.25, 0.3) is 22.6 Å². The number of amides is 1. The van der Waals surface area contributed by atoms with Crippen LogP contribution >= 0.6 is 0 Å². The van der Waals surface area contributed by atoms with E-state index in [0.29, 0.717) is 55.4 Å². The summed E-state index contributed by atoms with van der Waals surface area (Å²) in [6, 6.07) is 12.8. The molecule has 4 aromatic rings.